The van der Waals surface area contributed by atoms with Crippen LogP contribution in [0.1, 0.15) is 32.6 Å². The topological polar surface area (TPSA) is 7.68 Å². The monoisotopic (exact) mass is 277 g/mol. The van der Waals surface area contributed by atoms with Crippen LogP contribution in [0.3, 0.4) is 0 Å². The number of hydrogen-bond acceptors (Lipinski definition) is 1. The van der Waals surface area contributed by atoms with E-state index in [4.69, 9.17) is 0 Å². The molecule has 0 unspecified atom stereocenters. The Kier molecular flexibility index (Phi) is 4.25. The number of rotatable bonds is 2. The van der Waals surface area contributed by atoms with Gasteiger partial charge in [-0.25, -0.2) is 4.39 Å². The molecule has 3 rings (SSSR count). The van der Waals surface area contributed by atoms with Crippen molar-refractivity contribution in [1.29, 1.82) is 0 Å². The van der Waals surface area contributed by atoms with Crippen molar-refractivity contribution in [2.75, 3.05) is 31.1 Å². The number of piperazine rings is 1. The van der Waals surface area contributed by atoms with Crippen LogP contribution >= 0.6 is 0 Å². The molecular weight excluding hydrogens is 251 g/mol. The van der Waals surface area contributed by atoms with Crippen LogP contribution in [0.25, 0.3) is 0 Å². The largest absolute Gasteiger partial charge is 0.358 e. The van der Waals surface area contributed by atoms with Crippen molar-refractivity contribution in [1.82, 2.24) is 0 Å². The SMILES string of the molecule is C[C@@H]1CCC[C@@H]([NH+]2CCN(c3ccccc3F)CC2)C1. The maximum atomic E-state index is 13.8. The van der Waals surface area contributed by atoms with Crippen molar-refractivity contribution >= 4 is 5.69 Å². The van der Waals surface area contributed by atoms with E-state index in [9.17, 15) is 4.39 Å². The van der Waals surface area contributed by atoms with E-state index >= 15 is 0 Å². The zero-order valence-corrected chi connectivity index (χ0v) is 12.4. The summed E-state index contributed by atoms with van der Waals surface area (Å²) in [5, 5.41) is 0. The van der Waals surface area contributed by atoms with E-state index in [2.05, 4.69) is 11.8 Å². The van der Waals surface area contributed by atoms with E-state index in [1.807, 2.05) is 12.1 Å². The molecule has 1 aromatic rings. The maximum absolute atomic E-state index is 13.8. The number of halogens is 1. The summed E-state index contributed by atoms with van der Waals surface area (Å²) >= 11 is 0. The molecule has 2 fully saturated rings. The van der Waals surface area contributed by atoms with Gasteiger partial charge in [0.1, 0.15) is 5.82 Å². The zero-order chi connectivity index (χ0) is 13.9. The first-order chi connectivity index (χ1) is 9.74. The first-order valence-corrected chi connectivity index (χ1v) is 8.08. The third kappa shape index (κ3) is 2.98. The lowest BCUT2D eigenvalue weighted by Gasteiger charge is -2.40. The van der Waals surface area contributed by atoms with Crippen molar-refractivity contribution < 1.29 is 9.29 Å². The summed E-state index contributed by atoms with van der Waals surface area (Å²) in [4.78, 5) is 3.97. The average molecular weight is 277 g/mol. The van der Waals surface area contributed by atoms with Crippen molar-refractivity contribution in [3.8, 4) is 0 Å². The number of nitrogens with one attached hydrogen (secondary N) is 1. The molecule has 1 aliphatic heterocycles. The molecule has 0 aromatic heterocycles. The van der Waals surface area contributed by atoms with Gasteiger partial charge in [0.15, 0.2) is 0 Å². The minimum Gasteiger partial charge on any atom is -0.358 e. The van der Waals surface area contributed by atoms with E-state index < -0.39 is 0 Å². The molecule has 0 radical (unpaired) electrons. The summed E-state index contributed by atoms with van der Waals surface area (Å²) in [5.74, 6) is 0.813. The smallest absolute Gasteiger partial charge is 0.146 e. The van der Waals surface area contributed by atoms with Crippen LogP contribution < -0.4 is 9.80 Å². The van der Waals surface area contributed by atoms with Gasteiger partial charge in [0, 0.05) is 6.42 Å². The highest BCUT2D eigenvalue weighted by atomic mass is 19.1. The number of hydrogen-bond donors (Lipinski definition) is 1. The Balaban J connectivity index is 1.58. The lowest BCUT2D eigenvalue weighted by atomic mass is 9.86. The van der Waals surface area contributed by atoms with Crippen LogP contribution in [-0.2, 0) is 0 Å². The predicted octanol–water partition coefficient (Wildman–Crippen LogP) is 2.11. The van der Waals surface area contributed by atoms with Gasteiger partial charge in [-0.15, -0.1) is 0 Å². The minimum absolute atomic E-state index is 0.0813. The number of quaternary nitrogens is 1. The maximum Gasteiger partial charge on any atom is 0.146 e. The molecule has 20 heavy (non-hydrogen) atoms. The highest BCUT2D eigenvalue weighted by Crippen LogP contribution is 2.23. The van der Waals surface area contributed by atoms with Crippen LogP contribution in [-0.4, -0.2) is 32.2 Å². The quantitative estimate of drug-likeness (QED) is 0.870. The Bertz CT molecular complexity index is 440. The molecular formula is C17H26FN2+. The first kappa shape index (κ1) is 13.9. The second kappa shape index (κ2) is 6.13. The van der Waals surface area contributed by atoms with Crippen molar-refractivity contribution in [3.63, 3.8) is 0 Å². The number of anilines is 1. The second-order valence-corrected chi connectivity index (χ2v) is 6.57. The zero-order valence-electron chi connectivity index (χ0n) is 12.4. The molecule has 2 nitrogen and oxygen atoms in total. The van der Waals surface area contributed by atoms with Crippen LogP contribution in [0.15, 0.2) is 24.3 Å². The lowest BCUT2D eigenvalue weighted by Crippen LogP contribution is -3.18. The standard InChI is InChI=1S/C17H25FN2/c1-14-5-4-6-15(13-14)19-9-11-20(12-10-19)17-8-3-2-7-16(17)18/h2-3,7-8,14-15H,4-6,9-13H2,1H3/p+1/t14-,15-/m1/s1. The van der Waals surface area contributed by atoms with Crippen LogP contribution in [0.5, 0.6) is 0 Å². The average Bonchev–Trinajstić information content (AvgIpc) is 2.48. The van der Waals surface area contributed by atoms with Gasteiger partial charge < -0.3 is 9.80 Å². The molecule has 3 heteroatoms. The van der Waals surface area contributed by atoms with E-state index in [0.717, 1.165) is 43.8 Å². The van der Waals surface area contributed by atoms with Crippen molar-refractivity contribution in [2.24, 2.45) is 5.92 Å². The van der Waals surface area contributed by atoms with Gasteiger partial charge in [-0.2, -0.15) is 0 Å². The highest BCUT2D eigenvalue weighted by molar-refractivity contribution is 5.47. The minimum atomic E-state index is -0.0813. The molecule has 1 N–H and O–H groups in total. The van der Waals surface area contributed by atoms with Gasteiger partial charge in [-0.1, -0.05) is 25.5 Å². The first-order valence-electron chi connectivity index (χ1n) is 8.08. The summed E-state index contributed by atoms with van der Waals surface area (Å²) in [6, 6.07) is 8.02. The van der Waals surface area contributed by atoms with Crippen LogP contribution in [0.4, 0.5) is 10.1 Å². The Morgan fingerprint density at radius 1 is 1.15 bits per heavy atom. The summed E-state index contributed by atoms with van der Waals surface area (Å²) in [5.41, 5.74) is 0.781. The molecule has 2 aliphatic rings. The molecule has 2 atom stereocenters. The molecule has 0 amide bonds. The fraction of sp³-hybridized carbons (Fsp3) is 0.647. The van der Waals surface area contributed by atoms with Crippen LogP contribution in [0.2, 0.25) is 0 Å². The van der Waals surface area contributed by atoms with E-state index in [1.54, 1.807) is 17.0 Å². The fourth-order valence-electron chi connectivity index (χ4n) is 3.96. The van der Waals surface area contributed by atoms with Gasteiger partial charge in [0.25, 0.3) is 0 Å². The van der Waals surface area contributed by atoms with Gasteiger partial charge >= 0.3 is 0 Å². The Labute approximate surface area is 121 Å². The van der Waals surface area contributed by atoms with Gasteiger partial charge in [0.05, 0.1) is 37.9 Å². The summed E-state index contributed by atoms with van der Waals surface area (Å²) in [6.07, 6.45) is 5.58. The Hall–Kier alpha value is -1.09. The van der Waals surface area contributed by atoms with E-state index in [1.165, 1.54) is 25.7 Å². The van der Waals surface area contributed by atoms with Gasteiger partial charge in [-0.05, 0) is 30.9 Å². The molecule has 1 heterocycles. The molecule has 0 spiro atoms. The molecule has 1 aromatic carbocycles. The van der Waals surface area contributed by atoms with Gasteiger partial charge in [-0.3, -0.25) is 0 Å². The lowest BCUT2D eigenvalue weighted by molar-refractivity contribution is -0.927. The van der Waals surface area contributed by atoms with Gasteiger partial charge in [0.2, 0.25) is 0 Å². The predicted molar refractivity (Wildman–Crippen MR) is 80.7 cm³/mol. The number of benzene rings is 1. The molecule has 110 valence electrons. The van der Waals surface area contributed by atoms with Crippen molar-refractivity contribution in [3.05, 3.63) is 30.1 Å². The second-order valence-electron chi connectivity index (χ2n) is 6.57. The molecule has 0 bridgehead atoms. The van der Waals surface area contributed by atoms with E-state index in [-0.39, 0.29) is 5.82 Å². The third-order valence-corrected chi connectivity index (χ3v) is 5.11. The van der Waals surface area contributed by atoms with Crippen molar-refractivity contribution in [2.45, 2.75) is 38.6 Å². The molecule has 1 saturated heterocycles. The summed E-state index contributed by atoms with van der Waals surface area (Å²) in [7, 11) is 0. The third-order valence-electron chi connectivity index (χ3n) is 5.11. The summed E-state index contributed by atoms with van der Waals surface area (Å²) in [6.45, 7) is 6.68. The Morgan fingerprint density at radius 3 is 2.60 bits per heavy atom. The Morgan fingerprint density at radius 2 is 1.90 bits per heavy atom. The number of nitrogens with zero attached hydrogens (tertiary/aromatic N) is 1. The van der Waals surface area contributed by atoms with Crippen LogP contribution in [0, 0.1) is 11.7 Å². The van der Waals surface area contributed by atoms with E-state index in [0.29, 0.717) is 0 Å². The number of para-hydroxylation sites is 1. The fourth-order valence-corrected chi connectivity index (χ4v) is 3.96. The molecule has 1 saturated carbocycles. The highest BCUT2D eigenvalue weighted by Gasteiger charge is 2.31. The normalized spacial score (nSPS) is 28.6. The summed E-state index contributed by atoms with van der Waals surface area (Å²) < 4.78 is 13.8. The molecule has 1 aliphatic carbocycles.